The van der Waals surface area contributed by atoms with Crippen LogP contribution in [-0.2, 0) is 22.3 Å². The Balaban J connectivity index is 0.904. The molecule has 2 aromatic heterocycles. The first-order valence-electron chi connectivity index (χ1n) is 16.1. The number of amides is 2. The van der Waals surface area contributed by atoms with Crippen molar-refractivity contribution < 1.29 is 36.6 Å². The van der Waals surface area contributed by atoms with Gasteiger partial charge in [0.25, 0.3) is 5.91 Å². The van der Waals surface area contributed by atoms with Crippen molar-refractivity contribution in [3.05, 3.63) is 108 Å². The Morgan fingerprint density at radius 3 is 2.63 bits per heavy atom. The van der Waals surface area contributed by atoms with E-state index in [0.29, 0.717) is 83.3 Å². The van der Waals surface area contributed by atoms with Crippen molar-refractivity contribution in [1.82, 2.24) is 20.2 Å². The van der Waals surface area contributed by atoms with Gasteiger partial charge >= 0.3 is 6.18 Å². The summed E-state index contributed by atoms with van der Waals surface area (Å²) in [6.07, 6.45) is -1.96. The molecule has 2 N–H and O–H groups in total. The van der Waals surface area contributed by atoms with Gasteiger partial charge in [0.15, 0.2) is 0 Å². The maximum Gasteiger partial charge on any atom is 0.417 e. The number of nitrogens with zero attached hydrogens (tertiary/aromatic N) is 3. The molecule has 9 nitrogen and oxygen atoms in total. The van der Waals surface area contributed by atoms with Gasteiger partial charge in [0.05, 0.1) is 29.0 Å². The lowest BCUT2D eigenvalue weighted by molar-refractivity contribution is -0.137. The van der Waals surface area contributed by atoms with E-state index in [-0.39, 0.29) is 29.0 Å². The zero-order valence-corrected chi connectivity index (χ0v) is 27.9. The summed E-state index contributed by atoms with van der Waals surface area (Å²) in [7, 11) is 0. The zero-order valence-electron chi connectivity index (χ0n) is 27.1. The summed E-state index contributed by atoms with van der Waals surface area (Å²) in [6, 6.07) is 16.0. The number of thiazole rings is 1. The molecule has 1 saturated heterocycles. The Morgan fingerprint density at radius 2 is 1.80 bits per heavy atom. The lowest BCUT2D eigenvalue weighted by Gasteiger charge is -2.30. The molecule has 1 unspecified atom stereocenters. The van der Waals surface area contributed by atoms with Crippen molar-refractivity contribution in [1.29, 1.82) is 0 Å². The highest BCUT2D eigenvalue weighted by Gasteiger charge is 2.38. The van der Waals surface area contributed by atoms with Gasteiger partial charge in [0, 0.05) is 36.1 Å². The lowest BCUT2D eigenvalue weighted by atomic mass is 9.99. The number of nitrogens with one attached hydrogen (secondary N) is 2. The van der Waals surface area contributed by atoms with Crippen molar-refractivity contribution in [2.24, 2.45) is 0 Å². The summed E-state index contributed by atoms with van der Waals surface area (Å²) in [5.74, 6) is 0.183. The summed E-state index contributed by atoms with van der Waals surface area (Å²) in [4.78, 5) is 35.5. The Hall–Kier alpha value is -5.34. The molecular weight excluding hydrogens is 686 g/mol. The van der Waals surface area contributed by atoms with Gasteiger partial charge in [-0.3, -0.25) is 9.59 Å². The van der Waals surface area contributed by atoms with Crippen LogP contribution in [0.4, 0.5) is 23.4 Å². The van der Waals surface area contributed by atoms with Gasteiger partial charge in [-0.2, -0.15) is 13.2 Å². The molecule has 5 aromatic rings. The monoisotopic (exact) mass is 717 g/mol. The first-order chi connectivity index (χ1) is 24.5. The average Bonchev–Trinajstić information content (AvgIpc) is 3.67. The van der Waals surface area contributed by atoms with Crippen LogP contribution >= 0.6 is 11.3 Å². The second-order valence-electron chi connectivity index (χ2n) is 12.1. The summed E-state index contributed by atoms with van der Waals surface area (Å²) in [5, 5.41) is 6.02. The highest BCUT2D eigenvalue weighted by atomic mass is 32.1. The molecule has 0 radical (unpaired) electrons. The Bertz CT molecular complexity index is 2150. The van der Waals surface area contributed by atoms with Crippen LogP contribution in [0, 0.1) is 5.82 Å². The Labute approximate surface area is 293 Å². The number of anilines is 1. The minimum absolute atomic E-state index is 0.0726. The quantitative estimate of drug-likeness (QED) is 0.108. The van der Waals surface area contributed by atoms with Gasteiger partial charge in [0.1, 0.15) is 35.0 Å². The van der Waals surface area contributed by atoms with Gasteiger partial charge in [-0.1, -0.05) is 18.7 Å². The molecule has 51 heavy (non-hydrogen) atoms. The second kappa shape index (κ2) is 14.1. The van der Waals surface area contributed by atoms with E-state index in [9.17, 15) is 27.2 Å². The summed E-state index contributed by atoms with van der Waals surface area (Å²) >= 11 is 1.01. The third kappa shape index (κ3) is 7.42. The van der Waals surface area contributed by atoms with Crippen molar-refractivity contribution in [3.8, 4) is 27.4 Å². The van der Waals surface area contributed by atoms with Crippen LogP contribution in [-0.4, -0.2) is 59.1 Å². The van der Waals surface area contributed by atoms with E-state index in [4.69, 9.17) is 9.47 Å². The third-order valence-electron chi connectivity index (χ3n) is 8.66. The molecule has 1 fully saturated rings. The molecule has 2 amide bonds. The summed E-state index contributed by atoms with van der Waals surface area (Å²) in [5.41, 5.74) is 2.43. The number of hydrogen-bond acceptors (Lipinski definition) is 8. The molecule has 2 aliphatic rings. The molecule has 2 aliphatic heterocycles. The Kier molecular flexibility index (Phi) is 9.44. The molecule has 262 valence electrons. The number of hydrogen-bond donors (Lipinski definition) is 2. The number of pyridine rings is 1. The molecule has 0 spiro atoms. The van der Waals surface area contributed by atoms with Crippen molar-refractivity contribution >= 4 is 39.2 Å². The van der Waals surface area contributed by atoms with Crippen LogP contribution in [0.15, 0.2) is 85.2 Å². The summed E-state index contributed by atoms with van der Waals surface area (Å²) in [6.45, 7) is 5.39. The predicted molar refractivity (Wildman–Crippen MR) is 185 cm³/mol. The van der Waals surface area contributed by atoms with E-state index in [1.54, 1.807) is 35.2 Å². The fourth-order valence-electron chi connectivity index (χ4n) is 6.16. The molecule has 7 rings (SSSR count). The average molecular weight is 718 g/mol. The molecule has 3 aromatic carbocycles. The second-order valence-corrected chi connectivity index (χ2v) is 13.1. The van der Waals surface area contributed by atoms with E-state index in [1.165, 1.54) is 30.5 Å². The van der Waals surface area contributed by atoms with Crippen LogP contribution < -0.4 is 15.4 Å². The third-order valence-corrected chi connectivity index (χ3v) is 9.71. The minimum atomic E-state index is -4.64. The van der Waals surface area contributed by atoms with Crippen LogP contribution in [0.3, 0.4) is 0 Å². The zero-order chi connectivity index (χ0) is 35.7. The number of fused-ring (bicyclic) bond motifs is 2. The normalized spacial score (nSPS) is 16.0. The molecular formula is C37H31F4N5O4S. The lowest BCUT2D eigenvalue weighted by Crippen LogP contribution is -2.49. The number of allylic oxidation sites excluding steroid dienone is 1. The molecule has 1 atom stereocenters. The minimum Gasteiger partial charge on any atom is -0.491 e. The molecule has 0 bridgehead atoms. The first kappa shape index (κ1) is 34.1. The van der Waals surface area contributed by atoms with E-state index < -0.39 is 23.6 Å². The van der Waals surface area contributed by atoms with Crippen molar-refractivity contribution in [2.75, 3.05) is 31.7 Å². The van der Waals surface area contributed by atoms with Crippen LogP contribution in [0.5, 0.6) is 5.75 Å². The van der Waals surface area contributed by atoms with E-state index in [0.717, 1.165) is 23.0 Å². The maximum atomic E-state index is 14.2. The number of carbonyl (C=O) groups is 2. The highest BCUT2D eigenvalue weighted by Crippen LogP contribution is 2.42. The Morgan fingerprint density at radius 1 is 0.980 bits per heavy atom. The van der Waals surface area contributed by atoms with Crippen molar-refractivity contribution in [3.63, 3.8) is 0 Å². The number of alkyl halides is 3. The SMILES string of the molecule is C=C1CCC(N2Cc3cc(OCCOCCNc4cc(-c5ccc(-c6nc7ccc(F)cc7s6)c(C(F)(F)F)c5)ccn4)ccc3C2=O)C(=O)N1. The van der Waals surface area contributed by atoms with E-state index >= 15 is 0 Å². The van der Waals surface area contributed by atoms with E-state index in [1.807, 2.05) is 6.07 Å². The summed E-state index contributed by atoms with van der Waals surface area (Å²) < 4.78 is 68.3. The van der Waals surface area contributed by atoms with Gasteiger partial charge in [-0.25, -0.2) is 14.4 Å². The number of carbonyl (C=O) groups excluding carboxylic acids is 2. The van der Waals surface area contributed by atoms with Crippen molar-refractivity contribution in [2.45, 2.75) is 31.6 Å². The van der Waals surface area contributed by atoms with E-state index in [2.05, 4.69) is 27.2 Å². The number of rotatable bonds is 11. The standard InChI is InChI=1S/C37H31F4N5O4S/c1-21-2-9-31(34(47)44-21)46-20-24-16-26(5-7-27(24)36(46)48)50-15-14-49-13-12-43-33-18-23(10-11-42-33)22-3-6-28(29(17-22)37(39,40)41)35-45-30-8-4-25(38)19-32(30)51-35/h3-8,10-11,16-19,31H,1-2,9,12-15,20H2,(H,42,43)(H,44,47). The smallest absolute Gasteiger partial charge is 0.417 e. The first-order valence-corrected chi connectivity index (χ1v) is 17.0. The topological polar surface area (TPSA) is 106 Å². The largest absolute Gasteiger partial charge is 0.491 e. The van der Waals surface area contributed by atoms with Gasteiger partial charge in [-0.05, 0) is 84.1 Å². The maximum absolute atomic E-state index is 14.2. The number of benzene rings is 3. The van der Waals surface area contributed by atoms with Crippen LogP contribution in [0.2, 0.25) is 0 Å². The number of piperidine rings is 1. The molecule has 0 saturated carbocycles. The fourth-order valence-corrected chi connectivity index (χ4v) is 7.19. The number of halogens is 4. The van der Waals surface area contributed by atoms with Gasteiger partial charge in [0.2, 0.25) is 5.91 Å². The van der Waals surface area contributed by atoms with Gasteiger partial charge in [-0.15, -0.1) is 11.3 Å². The van der Waals surface area contributed by atoms with Crippen LogP contribution in [0.25, 0.3) is 31.9 Å². The molecule has 14 heteroatoms. The highest BCUT2D eigenvalue weighted by molar-refractivity contribution is 7.21. The number of aromatic nitrogens is 2. The van der Waals surface area contributed by atoms with Crippen LogP contribution in [0.1, 0.15) is 34.3 Å². The molecule has 0 aliphatic carbocycles. The fraction of sp³-hybridized carbons (Fsp3) is 0.243. The predicted octanol–water partition coefficient (Wildman–Crippen LogP) is 7.44. The van der Waals surface area contributed by atoms with Gasteiger partial charge < -0.3 is 25.0 Å². The number of ether oxygens (including phenoxy) is 2. The molecule has 4 heterocycles.